The van der Waals surface area contributed by atoms with Crippen LogP contribution in [0.4, 0.5) is 10.8 Å². The van der Waals surface area contributed by atoms with Gasteiger partial charge in [0.25, 0.3) is 0 Å². The number of hydrogen-bond donors (Lipinski definition) is 1. The van der Waals surface area contributed by atoms with Gasteiger partial charge in [0, 0.05) is 18.8 Å². The van der Waals surface area contributed by atoms with E-state index in [1.807, 2.05) is 6.07 Å². The van der Waals surface area contributed by atoms with E-state index in [0.717, 1.165) is 35.3 Å². The van der Waals surface area contributed by atoms with Gasteiger partial charge in [0.2, 0.25) is 5.13 Å². The first-order chi connectivity index (χ1) is 8.26. The third-order valence-corrected chi connectivity index (χ3v) is 4.11. The van der Waals surface area contributed by atoms with Gasteiger partial charge in [0.05, 0.1) is 0 Å². The summed E-state index contributed by atoms with van der Waals surface area (Å²) in [5.74, 6) is 0. The maximum atomic E-state index is 5.80. The first-order valence-corrected chi connectivity index (χ1v) is 6.52. The van der Waals surface area contributed by atoms with Crippen LogP contribution in [0.25, 0.3) is 0 Å². The highest BCUT2D eigenvalue weighted by atomic mass is 32.1. The number of benzene rings is 1. The van der Waals surface area contributed by atoms with Gasteiger partial charge in [-0.3, -0.25) is 0 Å². The second-order valence-electron chi connectivity index (χ2n) is 4.22. The Labute approximate surface area is 104 Å². The van der Waals surface area contributed by atoms with E-state index in [1.165, 1.54) is 11.1 Å². The number of rotatable bonds is 2. The standard InChI is InChI=1S/C12H14N4S/c1-2-11-14-15-12(17-11)16-6-8-3-4-10(13)5-9(8)7-16/h3-5H,2,6-7,13H2,1H3. The quantitative estimate of drug-likeness (QED) is 0.825. The SMILES string of the molecule is CCc1nnc(N2Cc3ccc(N)cc3C2)s1. The first-order valence-electron chi connectivity index (χ1n) is 5.71. The minimum absolute atomic E-state index is 0.831. The number of aryl methyl sites for hydroxylation is 1. The van der Waals surface area contributed by atoms with Crippen LogP contribution in [0.3, 0.4) is 0 Å². The van der Waals surface area contributed by atoms with E-state index < -0.39 is 0 Å². The van der Waals surface area contributed by atoms with Crippen molar-refractivity contribution in [1.82, 2.24) is 10.2 Å². The number of hydrogen-bond acceptors (Lipinski definition) is 5. The molecule has 2 heterocycles. The Hall–Kier alpha value is -1.62. The highest BCUT2D eigenvalue weighted by Gasteiger charge is 2.21. The lowest BCUT2D eigenvalue weighted by Gasteiger charge is -2.11. The number of anilines is 2. The third kappa shape index (κ3) is 1.86. The van der Waals surface area contributed by atoms with E-state index in [-0.39, 0.29) is 0 Å². The fraction of sp³-hybridized carbons (Fsp3) is 0.333. The number of nitrogens with zero attached hydrogens (tertiary/aromatic N) is 3. The summed E-state index contributed by atoms with van der Waals surface area (Å²) >= 11 is 1.68. The molecule has 2 N–H and O–H groups in total. The van der Waals surface area contributed by atoms with Gasteiger partial charge in [-0.1, -0.05) is 24.3 Å². The van der Waals surface area contributed by atoms with Crippen LogP contribution >= 0.6 is 11.3 Å². The molecule has 1 aliphatic rings. The van der Waals surface area contributed by atoms with Crippen LogP contribution in [-0.4, -0.2) is 10.2 Å². The molecule has 0 aliphatic carbocycles. The van der Waals surface area contributed by atoms with E-state index in [1.54, 1.807) is 11.3 Å². The molecule has 2 aromatic rings. The summed E-state index contributed by atoms with van der Waals surface area (Å²) in [7, 11) is 0. The molecule has 0 saturated heterocycles. The Balaban J connectivity index is 1.86. The van der Waals surface area contributed by atoms with Crippen molar-refractivity contribution in [2.75, 3.05) is 10.6 Å². The molecule has 0 amide bonds. The molecular formula is C12H14N4S. The van der Waals surface area contributed by atoms with Crippen LogP contribution in [0.15, 0.2) is 18.2 Å². The molecule has 1 aliphatic heterocycles. The van der Waals surface area contributed by atoms with Crippen molar-refractivity contribution in [3.8, 4) is 0 Å². The molecule has 0 unspecified atom stereocenters. The lowest BCUT2D eigenvalue weighted by Crippen LogP contribution is -2.13. The molecule has 1 aromatic carbocycles. The zero-order chi connectivity index (χ0) is 11.8. The summed E-state index contributed by atoms with van der Waals surface area (Å²) in [6.45, 7) is 3.90. The van der Waals surface area contributed by atoms with Gasteiger partial charge < -0.3 is 10.6 Å². The molecule has 0 fully saturated rings. The van der Waals surface area contributed by atoms with E-state index in [9.17, 15) is 0 Å². The Bertz CT molecular complexity index is 549. The highest BCUT2D eigenvalue weighted by molar-refractivity contribution is 7.15. The van der Waals surface area contributed by atoms with Crippen molar-refractivity contribution in [3.05, 3.63) is 34.3 Å². The van der Waals surface area contributed by atoms with Gasteiger partial charge in [0.15, 0.2) is 0 Å². The smallest absolute Gasteiger partial charge is 0.208 e. The zero-order valence-electron chi connectivity index (χ0n) is 9.68. The van der Waals surface area contributed by atoms with Gasteiger partial charge in [0.1, 0.15) is 5.01 Å². The summed E-state index contributed by atoms with van der Waals surface area (Å²) in [4.78, 5) is 2.25. The molecule has 5 heteroatoms. The predicted molar refractivity (Wildman–Crippen MR) is 70.0 cm³/mol. The first kappa shape index (κ1) is 10.5. The zero-order valence-corrected chi connectivity index (χ0v) is 10.5. The lowest BCUT2D eigenvalue weighted by molar-refractivity contribution is 0.850. The van der Waals surface area contributed by atoms with Crippen LogP contribution < -0.4 is 10.6 Å². The maximum Gasteiger partial charge on any atom is 0.208 e. The number of aromatic nitrogens is 2. The molecule has 17 heavy (non-hydrogen) atoms. The molecule has 0 saturated carbocycles. The van der Waals surface area contributed by atoms with Crippen LogP contribution in [0.1, 0.15) is 23.1 Å². The van der Waals surface area contributed by atoms with Crippen LogP contribution in [0.2, 0.25) is 0 Å². The third-order valence-electron chi connectivity index (χ3n) is 2.98. The second-order valence-corrected chi connectivity index (χ2v) is 5.26. The van der Waals surface area contributed by atoms with Crippen molar-refractivity contribution >= 4 is 22.2 Å². The molecule has 88 valence electrons. The van der Waals surface area contributed by atoms with Crippen LogP contribution in [-0.2, 0) is 19.5 Å². The average Bonchev–Trinajstić information content (AvgIpc) is 2.93. The van der Waals surface area contributed by atoms with Gasteiger partial charge in [-0.15, -0.1) is 10.2 Å². The fourth-order valence-corrected chi connectivity index (χ4v) is 2.84. The minimum Gasteiger partial charge on any atom is -0.399 e. The summed E-state index contributed by atoms with van der Waals surface area (Å²) in [5, 5.41) is 10.5. The van der Waals surface area contributed by atoms with Crippen molar-refractivity contribution in [2.45, 2.75) is 26.4 Å². The number of nitrogen functional groups attached to an aromatic ring is 1. The van der Waals surface area contributed by atoms with Crippen molar-refractivity contribution < 1.29 is 0 Å². The van der Waals surface area contributed by atoms with Gasteiger partial charge >= 0.3 is 0 Å². The number of fused-ring (bicyclic) bond motifs is 1. The lowest BCUT2D eigenvalue weighted by atomic mass is 10.1. The second kappa shape index (κ2) is 4.00. The van der Waals surface area contributed by atoms with Gasteiger partial charge in [-0.2, -0.15) is 0 Å². The summed E-state index contributed by atoms with van der Waals surface area (Å²) in [6.07, 6.45) is 0.950. The summed E-state index contributed by atoms with van der Waals surface area (Å²) in [6, 6.07) is 6.11. The van der Waals surface area contributed by atoms with Crippen molar-refractivity contribution in [2.24, 2.45) is 0 Å². The molecule has 3 rings (SSSR count). The van der Waals surface area contributed by atoms with Gasteiger partial charge in [-0.05, 0) is 29.7 Å². The highest BCUT2D eigenvalue weighted by Crippen LogP contribution is 2.31. The molecule has 4 nitrogen and oxygen atoms in total. The van der Waals surface area contributed by atoms with Gasteiger partial charge in [-0.25, -0.2) is 0 Å². The fourth-order valence-electron chi connectivity index (χ4n) is 2.07. The molecule has 1 aromatic heterocycles. The molecule has 0 atom stereocenters. The summed E-state index contributed by atoms with van der Waals surface area (Å²) in [5.41, 5.74) is 9.27. The Kier molecular flexibility index (Phi) is 2.48. The van der Waals surface area contributed by atoms with E-state index in [4.69, 9.17) is 5.73 Å². The molecule has 0 spiro atoms. The molecular weight excluding hydrogens is 232 g/mol. The average molecular weight is 246 g/mol. The maximum absolute atomic E-state index is 5.80. The monoisotopic (exact) mass is 246 g/mol. The van der Waals surface area contributed by atoms with E-state index in [0.29, 0.717) is 0 Å². The van der Waals surface area contributed by atoms with E-state index in [2.05, 4.69) is 34.2 Å². The topological polar surface area (TPSA) is 55.0 Å². The summed E-state index contributed by atoms with van der Waals surface area (Å²) < 4.78 is 0. The number of nitrogens with two attached hydrogens (primary N) is 1. The predicted octanol–water partition coefficient (Wildman–Crippen LogP) is 2.20. The van der Waals surface area contributed by atoms with E-state index >= 15 is 0 Å². The Morgan fingerprint density at radius 1 is 1.29 bits per heavy atom. The normalized spacial score (nSPS) is 14.1. The minimum atomic E-state index is 0.831. The molecule has 0 radical (unpaired) electrons. The van der Waals surface area contributed by atoms with Crippen molar-refractivity contribution in [1.29, 1.82) is 0 Å². The van der Waals surface area contributed by atoms with Crippen LogP contribution in [0, 0.1) is 0 Å². The van der Waals surface area contributed by atoms with Crippen LogP contribution in [0.5, 0.6) is 0 Å². The molecule has 0 bridgehead atoms. The van der Waals surface area contributed by atoms with Crippen molar-refractivity contribution in [3.63, 3.8) is 0 Å². The largest absolute Gasteiger partial charge is 0.399 e. The Morgan fingerprint density at radius 2 is 2.12 bits per heavy atom. The Morgan fingerprint density at radius 3 is 2.88 bits per heavy atom.